The van der Waals surface area contributed by atoms with Crippen molar-refractivity contribution in [1.82, 2.24) is 0 Å². The lowest BCUT2D eigenvalue weighted by Gasteiger charge is -2.24. The number of halogens is 1. The number of hydrogen-bond acceptors (Lipinski definition) is 3. The van der Waals surface area contributed by atoms with Crippen molar-refractivity contribution in [2.75, 3.05) is 24.7 Å². The molecule has 2 aliphatic heterocycles. The molecule has 1 atom stereocenters. The molecule has 2 aliphatic rings. The second-order valence-corrected chi connectivity index (χ2v) is 6.57. The summed E-state index contributed by atoms with van der Waals surface area (Å²) in [6.45, 7) is 3.72. The Bertz CT molecular complexity index is 805. The number of carbonyl (C=O) groups excluding carboxylic acids is 1. The van der Waals surface area contributed by atoms with Crippen molar-refractivity contribution < 1.29 is 14.3 Å². The number of benzene rings is 2. The molecule has 0 spiro atoms. The van der Waals surface area contributed by atoms with Crippen molar-refractivity contribution in [2.45, 2.75) is 19.3 Å². The number of rotatable bonds is 2. The highest BCUT2D eigenvalue weighted by Gasteiger charge is 2.29. The number of ether oxygens (including phenoxy) is 2. The predicted molar refractivity (Wildman–Crippen MR) is 93.4 cm³/mol. The molecule has 24 heavy (non-hydrogen) atoms. The largest absolute Gasteiger partial charge is 0.486 e. The Morgan fingerprint density at radius 1 is 1.12 bits per heavy atom. The summed E-state index contributed by atoms with van der Waals surface area (Å²) in [5, 5.41) is 0.653. The maximum atomic E-state index is 13.0. The van der Waals surface area contributed by atoms with E-state index in [1.54, 1.807) is 0 Å². The van der Waals surface area contributed by atoms with Gasteiger partial charge in [0.15, 0.2) is 11.5 Å². The smallest absolute Gasteiger partial charge is 0.234 e. The van der Waals surface area contributed by atoms with Crippen LogP contribution in [-0.4, -0.2) is 25.7 Å². The van der Waals surface area contributed by atoms with E-state index in [0.29, 0.717) is 30.5 Å². The molecule has 2 heterocycles. The molecule has 4 rings (SSSR count). The summed E-state index contributed by atoms with van der Waals surface area (Å²) in [6.07, 6.45) is 0.867. The Morgan fingerprint density at radius 3 is 2.75 bits per heavy atom. The van der Waals surface area contributed by atoms with Crippen molar-refractivity contribution in [2.24, 2.45) is 0 Å². The Kier molecular flexibility index (Phi) is 3.85. The van der Waals surface area contributed by atoms with Crippen molar-refractivity contribution in [3.05, 3.63) is 52.5 Å². The molecular formula is C19H18ClNO3. The molecule has 0 radical (unpaired) electrons. The monoisotopic (exact) mass is 343 g/mol. The first-order valence-electron chi connectivity index (χ1n) is 8.13. The van der Waals surface area contributed by atoms with Gasteiger partial charge in [0.1, 0.15) is 13.2 Å². The first-order valence-corrected chi connectivity index (χ1v) is 8.50. The third-order valence-corrected chi connectivity index (χ3v) is 4.88. The molecule has 5 heteroatoms. The van der Waals surface area contributed by atoms with E-state index in [9.17, 15) is 4.79 Å². The highest BCUT2D eigenvalue weighted by atomic mass is 35.5. The molecule has 124 valence electrons. The van der Waals surface area contributed by atoms with Crippen molar-refractivity contribution in [3.8, 4) is 11.5 Å². The molecule has 2 aromatic carbocycles. The number of fused-ring (bicyclic) bond motifs is 2. The molecule has 1 unspecified atom stereocenters. The zero-order chi connectivity index (χ0) is 16.7. The minimum absolute atomic E-state index is 0.0766. The predicted octanol–water partition coefficient (Wildman–Crippen LogP) is 3.80. The van der Waals surface area contributed by atoms with Crippen LogP contribution in [0.5, 0.6) is 11.5 Å². The standard InChI is InChI=1S/C19H18ClNO3/c1-12(14-3-5-17-18(10-14)24-9-8-23-17)19(22)21-7-6-13-2-4-15(20)11-16(13)21/h2-5,10-12H,6-9H2,1H3. The molecule has 0 saturated heterocycles. The Hall–Kier alpha value is -2.20. The molecule has 0 aromatic heterocycles. The van der Waals surface area contributed by atoms with E-state index in [4.69, 9.17) is 21.1 Å². The zero-order valence-electron chi connectivity index (χ0n) is 13.4. The average Bonchev–Trinajstić information content (AvgIpc) is 3.03. The van der Waals surface area contributed by atoms with Crippen LogP contribution in [0.15, 0.2) is 36.4 Å². The maximum absolute atomic E-state index is 13.0. The molecular weight excluding hydrogens is 326 g/mol. The van der Waals surface area contributed by atoms with E-state index in [-0.39, 0.29) is 11.8 Å². The van der Waals surface area contributed by atoms with Gasteiger partial charge in [-0.05, 0) is 48.7 Å². The molecule has 0 fully saturated rings. The summed E-state index contributed by atoms with van der Waals surface area (Å²) < 4.78 is 11.2. The number of anilines is 1. The van der Waals surface area contributed by atoms with E-state index in [1.807, 2.05) is 48.2 Å². The van der Waals surface area contributed by atoms with E-state index < -0.39 is 0 Å². The van der Waals surface area contributed by atoms with E-state index in [0.717, 1.165) is 23.4 Å². The molecule has 0 aliphatic carbocycles. The first-order chi connectivity index (χ1) is 11.6. The number of nitrogens with zero attached hydrogens (tertiary/aromatic N) is 1. The fraction of sp³-hybridized carbons (Fsp3) is 0.316. The topological polar surface area (TPSA) is 38.8 Å². The van der Waals surface area contributed by atoms with Gasteiger partial charge in [0.05, 0.1) is 5.92 Å². The van der Waals surface area contributed by atoms with Crippen LogP contribution in [0.3, 0.4) is 0 Å². The lowest BCUT2D eigenvalue weighted by atomic mass is 9.99. The summed E-state index contributed by atoms with van der Waals surface area (Å²) >= 11 is 6.10. The highest BCUT2D eigenvalue weighted by molar-refractivity contribution is 6.31. The van der Waals surface area contributed by atoms with Crippen molar-refractivity contribution >= 4 is 23.2 Å². The molecule has 0 saturated carbocycles. The lowest BCUT2D eigenvalue weighted by molar-refractivity contribution is -0.119. The summed E-state index contributed by atoms with van der Waals surface area (Å²) in [5.74, 6) is 1.27. The van der Waals surface area contributed by atoms with Gasteiger partial charge >= 0.3 is 0 Å². The summed E-state index contributed by atoms with van der Waals surface area (Å²) in [6, 6.07) is 11.5. The van der Waals surface area contributed by atoms with Crippen LogP contribution in [0.25, 0.3) is 0 Å². The van der Waals surface area contributed by atoms with Crippen LogP contribution in [0.2, 0.25) is 5.02 Å². The maximum Gasteiger partial charge on any atom is 0.234 e. The first kappa shape index (κ1) is 15.3. The van der Waals surface area contributed by atoms with Crippen LogP contribution in [0.1, 0.15) is 24.0 Å². The second kappa shape index (κ2) is 6.02. The molecule has 0 bridgehead atoms. The zero-order valence-corrected chi connectivity index (χ0v) is 14.2. The number of hydrogen-bond donors (Lipinski definition) is 0. The molecule has 0 N–H and O–H groups in total. The van der Waals surface area contributed by atoms with Gasteiger partial charge in [-0.15, -0.1) is 0 Å². The highest BCUT2D eigenvalue weighted by Crippen LogP contribution is 2.36. The molecule has 4 nitrogen and oxygen atoms in total. The Morgan fingerprint density at radius 2 is 1.92 bits per heavy atom. The van der Waals surface area contributed by atoms with Gasteiger partial charge in [-0.1, -0.05) is 23.7 Å². The SMILES string of the molecule is CC(C(=O)N1CCc2ccc(Cl)cc21)c1ccc2c(c1)OCCO2. The Labute approximate surface area is 145 Å². The fourth-order valence-corrected chi connectivity index (χ4v) is 3.45. The van der Waals surface area contributed by atoms with Crippen LogP contribution in [0.4, 0.5) is 5.69 Å². The van der Waals surface area contributed by atoms with Crippen LogP contribution in [0, 0.1) is 0 Å². The fourth-order valence-electron chi connectivity index (χ4n) is 3.29. The summed E-state index contributed by atoms with van der Waals surface area (Å²) in [7, 11) is 0. The van der Waals surface area contributed by atoms with E-state index in [2.05, 4.69) is 0 Å². The van der Waals surface area contributed by atoms with Gasteiger partial charge in [-0.3, -0.25) is 4.79 Å². The van der Waals surface area contributed by atoms with Gasteiger partial charge in [0.2, 0.25) is 5.91 Å². The summed E-state index contributed by atoms with van der Waals surface area (Å²) in [5.41, 5.74) is 3.03. The third kappa shape index (κ3) is 2.61. The summed E-state index contributed by atoms with van der Waals surface area (Å²) in [4.78, 5) is 14.8. The van der Waals surface area contributed by atoms with Crippen molar-refractivity contribution in [3.63, 3.8) is 0 Å². The lowest BCUT2D eigenvalue weighted by Crippen LogP contribution is -2.32. The average molecular weight is 344 g/mol. The van der Waals surface area contributed by atoms with Gasteiger partial charge in [-0.2, -0.15) is 0 Å². The van der Waals surface area contributed by atoms with Crippen LogP contribution < -0.4 is 14.4 Å². The minimum Gasteiger partial charge on any atom is -0.486 e. The van der Waals surface area contributed by atoms with Gasteiger partial charge in [0.25, 0.3) is 0 Å². The number of carbonyl (C=O) groups is 1. The molecule has 2 aromatic rings. The van der Waals surface area contributed by atoms with Crippen LogP contribution >= 0.6 is 11.6 Å². The van der Waals surface area contributed by atoms with Crippen molar-refractivity contribution in [1.29, 1.82) is 0 Å². The Balaban J connectivity index is 1.60. The quantitative estimate of drug-likeness (QED) is 0.832. The normalized spacial score (nSPS) is 16.7. The molecule has 1 amide bonds. The van der Waals surface area contributed by atoms with Gasteiger partial charge in [-0.25, -0.2) is 0 Å². The third-order valence-electron chi connectivity index (χ3n) is 4.65. The minimum atomic E-state index is -0.259. The van der Waals surface area contributed by atoms with Crippen LogP contribution in [-0.2, 0) is 11.2 Å². The van der Waals surface area contributed by atoms with Gasteiger partial charge in [0, 0.05) is 17.3 Å². The van der Waals surface area contributed by atoms with E-state index >= 15 is 0 Å². The van der Waals surface area contributed by atoms with E-state index in [1.165, 1.54) is 5.56 Å². The second-order valence-electron chi connectivity index (χ2n) is 6.14. The van der Waals surface area contributed by atoms with Gasteiger partial charge < -0.3 is 14.4 Å². The number of amides is 1.